The fourth-order valence-corrected chi connectivity index (χ4v) is 3.34. The van der Waals surface area contributed by atoms with Crippen molar-refractivity contribution in [1.29, 1.82) is 0 Å². The molecule has 1 amide bonds. The Hall–Kier alpha value is -0.803. The minimum Gasteiger partial charge on any atom is -0.444 e. The van der Waals surface area contributed by atoms with Crippen molar-refractivity contribution in [2.24, 2.45) is 0 Å². The van der Waals surface area contributed by atoms with Crippen molar-refractivity contribution >= 4 is 14.4 Å². The van der Waals surface area contributed by atoms with Gasteiger partial charge in [0.15, 0.2) is 8.32 Å². The average Bonchev–Trinajstić information content (AvgIpc) is 2.51. The van der Waals surface area contributed by atoms with Crippen LogP contribution in [0.3, 0.4) is 0 Å². The normalized spacial score (nSPS) is 27.2. The van der Waals surface area contributed by atoms with Gasteiger partial charge in [-0.1, -0.05) is 0 Å². The zero-order chi connectivity index (χ0) is 17.6. The summed E-state index contributed by atoms with van der Waals surface area (Å²) in [6, 6.07) is -1.34. The van der Waals surface area contributed by atoms with Gasteiger partial charge in [-0.3, -0.25) is 4.90 Å². The summed E-state index contributed by atoms with van der Waals surface area (Å²) in [5.74, 6) is -2.81. The summed E-state index contributed by atoms with van der Waals surface area (Å²) in [6.45, 7) is 10.5. The molecule has 0 unspecified atom stereocenters. The maximum atomic E-state index is 13.6. The minimum atomic E-state index is -4.76. The molecule has 1 aliphatic rings. The fourth-order valence-electron chi connectivity index (χ4n) is 2.08. The van der Waals surface area contributed by atoms with Gasteiger partial charge in [-0.05, 0) is 47.3 Å². The van der Waals surface area contributed by atoms with Crippen molar-refractivity contribution in [1.82, 2.24) is 4.90 Å². The Balaban J connectivity index is 3.07. The first-order valence-electron chi connectivity index (χ1n) is 6.99. The monoisotopic (exact) mass is 343 g/mol. The molecule has 1 fully saturated rings. The molecule has 1 heterocycles. The van der Waals surface area contributed by atoms with E-state index in [2.05, 4.69) is 0 Å². The molecule has 0 N–H and O–H groups in total. The van der Waals surface area contributed by atoms with Gasteiger partial charge in [-0.25, -0.2) is 4.79 Å². The van der Waals surface area contributed by atoms with E-state index in [4.69, 9.17) is 13.9 Å². The predicted octanol–water partition coefficient (Wildman–Crippen LogP) is 3.71. The van der Waals surface area contributed by atoms with Crippen LogP contribution in [0.15, 0.2) is 0 Å². The van der Waals surface area contributed by atoms with Crippen molar-refractivity contribution in [3.05, 3.63) is 0 Å². The van der Waals surface area contributed by atoms with Gasteiger partial charge in [-0.2, -0.15) is 13.2 Å². The summed E-state index contributed by atoms with van der Waals surface area (Å²) >= 11 is 0. The molecule has 0 bridgehead atoms. The van der Waals surface area contributed by atoms with Crippen LogP contribution in [0.2, 0.25) is 19.6 Å². The minimum absolute atomic E-state index is 0.528. The number of hydrogen-bond donors (Lipinski definition) is 0. The van der Waals surface area contributed by atoms with Crippen LogP contribution in [-0.2, 0) is 13.9 Å². The number of carbonyl (C=O) groups excluding carboxylic acids is 1. The van der Waals surface area contributed by atoms with E-state index in [1.54, 1.807) is 40.4 Å². The molecule has 22 heavy (non-hydrogen) atoms. The fraction of sp³-hybridized carbons (Fsp3) is 0.923. The van der Waals surface area contributed by atoms with Gasteiger partial charge in [0.2, 0.25) is 0 Å². The van der Waals surface area contributed by atoms with E-state index in [9.17, 15) is 18.0 Å². The molecule has 0 saturated carbocycles. The molecular weight excluding hydrogens is 319 g/mol. The quantitative estimate of drug-likeness (QED) is 0.717. The molecule has 1 saturated heterocycles. The van der Waals surface area contributed by atoms with Crippen molar-refractivity contribution in [2.75, 3.05) is 6.73 Å². The van der Waals surface area contributed by atoms with E-state index in [-0.39, 0.29) is 0 Å². The largest absolute Gasteiger partial charge is 0.444 e. The van der Waals surface area contributed by atoms with Crippen LogP contribution in [-0.4, -0.2) is 49.6 Å². The molecule has 130 valence electrons. The zero-order valence-corrected chi connectivity index (χ0v) is 15.0. The van der Waals surface area contributed by atoms with E-state index < -0.39 is 44.7 Å². The van der Waals surface area contributed by atoms with Crippen LogP contribution < -0.4 is 0 Å². The summed E-state index contributed by atoms with van der Waals surface area (Å²) < 4.78 is 56.1. The zero-order valence-electron chi connectivity index (χ0n) is 14.0. The summed E-state index contributed by atoms with van der Waals surface area (Å²) in [5, 5.41) is 0. The first-order chi connectivity index (χ1) is 9.59. The van der Waals surface area contributed by atoms with Gasteiger partial charge in [0.05, 0.1) is 6.04 Å². The van der Waals surface area contributed by atoms with Crippen LogP contribution in [0.5, 0.6) is 0 Å². The van der Waals surface area contributed by atoms with Crippen LogP contribution in [0.25, 0.3) is 0 Å². The highest BCUT2D eigenvalue weighted by Crippen LogP contribution is 2.45. The first-order valence-corrected chi connectivity index (χ1v) is 10.4. The van der Waals surface area contributed by atoms with E-state index in [0.29, 0.717) is 0 Å². The lowest BCUT2D eigenvalue weighted by Gasteiger charge is -2.39. The number of carbonyl (C=O) groups is 1. The van der Waals surface area contributed by atoms with Crippen molar-refractivity contribution < 1.29 is 31.9 Å². The summed E-state index contributed by atoms with van der Waals surface area (Å²) in [4.78, 5) is 13.0. The second-order valence-corrected chi connectivity index (χ2v) is 11.7. The molecule has 5 nitrogen and oxygen atoms in total. The van der Waals surface area contributed by atoms with Crippen LogP contribution in [0.1, 0.15) is 27.7 Å². The smallest absolute Gasteiger partial charge is 0.444 e. The molecular formula is C13H24F3NO4Si. The average molecular weight is 343 g/mol. The Labute approximate surface area is 129 Å². The third-order valence-corrected chi connectivity index (χ3v) is 3.83. The van der Waals surface area contributed by atoms with Crippen molar-refractivity contribution in [3.63, 3.8) is 0 Å². The van der Waals surface area contributed by atoms with Crippen molar-refractivity contribution in [2.45, 2.75) is 70.9 Å². The second-order valence-electron chi connectivity index (χ2n) is 7.28. The highest BCUT2D eigenvalue weighted by Gasteiger charge is 2.68. The molecule has 1 rings (SSSR count). The lowest BCUT2D eigenvalue weighted by atomic mass is 10.1. The molecule has 0 radical (unpaired) electrons. The van der Waals surface area contributed by atoms with E-state index in [0.717, 1.165) is 4.90 Å². The molecule has 0 aromatic rings. The molecule has 9 heteroatoms. The van der Waals surface area contributed by atoms with Gasteiger partial charge in [0.25, 0.3) is 5.79 Å². The Bertz CT molecular complexity index is 430. The molecule has 0 aliphatic carbocycles. The lowest BCUT2D eigenvalue weighted by Crippen LogP contribution is -2.60. The summed E-state index contributed by atoms with van der Waals surface area (Å²) in [7, 11) is -2.58. The first kappa shape index (κ1) is 19.2. The number of ether oxygens (including phenoxy) is 2. The van der Waals surface area contributed by atoms with E-state index >= 15 is 0 Å². The summed E-state index contributed by atoms with van der Waals surface area (Å²) in [5.41, 5.74) is -0.806. The van der Waals surface area contributed by atoms with Crippen LogP contribution in [0, 0.1) is 0 Å². The van der Waals surface area contributed by atoms with E-state index in [1.807, 2.05) is 0 Å². The van der Waals surface area contributed by atoms with E-state index in [1.165, 1.54) is 6.92 Å². The number of rotatable bonds is 2. The standard InChI is InChI=1S/C13H24F3NO4Si/c1-9-12(13(14,15)16,21-22(5,6)7)19-8-17(9)10(18)20-11(2,3)4/h9H,8H2,1-7H3/t9-,12-/m0/s1. The highest BCUT2D eigenvalue weighted by atomic mass is 28.4. The molecule has 0 aromatic carbocycles. The molecule has 1 aliphatic heterocycles. The number of halogens is 3. The maximum absolute atomic E-state index is 13.6. The second kappa shape index (κ2) is 5.68. The third-order valence-electron chi connectivity index (χ3n) is 2.92. The van der Waals surface area contributed by atoms with Gasteiger partial charge in [0.1, 0.15) is 12.3 Å². The van der Waals surface area contributed by atoms with Gasteiger partial charge in [-0.15, -0.1) is 0 Å². The number of nitrogens with zero attached hydrogens (tertiary/aromatic N) is 1. The Morgan fingerprint density at radius 2 is 1.77 bits per heavy atom. The Morgan fingerprint density at radius 3 is 2.14 bits per heavy atom. The molecule has 2 atom stereocenters. The number of amides is 1. The van der Waals surface area contributed by atoms with Crippen molar-refractivity contribution in [3.8, 4) is 0 Å². The Morgan fingerprint density at radius 1 is 1.27 bits per heavy atom. The summed E-state index contributed by atoms with van der Waals surface area (Å²) in [6.07, 6.45) is -5.62. The maximum Gasteiger partial charge on any atom is 0.444 e. The topological polar surface area (TPSA) is 48.0 Å². The Kier molecular flexibility index (Phi) is 4.97. The van der Waals surface area contributed by atoms with Gasteiger partial charge < -0.3 is 13.9 Å². The lowest BCUT2D eigenvalue weighted by molar-refractivity contribution is -0.343. The van der Waals surface area contributed by atoms with Crippen LogP contribution in [0.4, 0.5) is 18.0 Å². The van der Waals surface area contributed by atoms with Gasteiger partial charge >= 0.3 is 12.3 Å². The number of alkyl halides is 3. The van der Waals surface area contributed by atoms with Gasteiger partial charge in [0, 0.05) is 0 Å². The predicted molar refractivity (Wildman–Crippen MR) is 76.7 cm³/mol. The number of hydrogen-bond acceptors (Lipinski definition) is 4. The molecule has 0 aromatic heterocycles. The SMILES string of the molecule is C[C@@H]1N(C(=O)OC(C)(C)C)CO[C@@]1(O[Si](C)(C)C)C(F)(F)F. The molecule has 0 spiro atoms. The highest BCUT2D eigenvalue weighted by molar-refractivity contribution is 6.69. The third kappa shape index (κ3) is 4.14. The van der Waals surface area contributed by atoms with Crippen LogP contribution >= 0.6 is 0 Å².